The van der Waals surface area contributed by atoms with E-state index in [0.717, 1.165) is 6.04 Å². The summed E-state index contributed by atoms with van der Waals surface area (Å²) in [4.78, 5) is 5.30. The van der Waals surface area contributed by atoms with Crippen LogP contribution < -0.4 is 5.32 Å². The lowest BCUT2D eigenvalue weighted by Crippen LogP contribution is -2.54. The molecule has 3 heterocycles. The first-order chi connectivity index (χ1) is 8.27. The van der Waals surface area contributed by atoms with E-state index < -0.39 is 0 Å². The molecule has 3 aliphatic rings. The lowest BCUT2D eigenvalue weighted by atomic mass is 9.74. The van der Waals surface area contributed by atoms with Crippen molar-refractivity contribution in [3.8, 4) is 0 Å². The van der Waals surface area contributed by atoms with E-state index in [0.29, 0.717) is 5.41 Å². The zero-order chi connectivity index (χ0) is 11.7. The molecular weight excluding hydrogens is 210 g/mol. The summed E-state index contributed by atoms with van der Waals surface area (Å²) >= 11 is 0. The number of likely N-dealkylation sites (tertiary alicyclic amines) is 2. The summed E-state index contributed by atoms with van der Waals surface area (Å²) in [7, 11) is 2.27. The monoisotopic (exact) mass is 237 g/mol. The molecule has 2 atom stereocenters. The molecule has 0 amide bonds. The molecular formula is C14H27N3. The molecule has 0 aromatic carbocycles. The Labute approximate surface area is 106 Å². The van der Waals surface area contributed by atoms with Crippen LogP contribution >= 0.6 is 0 Å². The van der Waals surface area contributed by atoms with Gasteiger partial charge in [0, 0.05) is 25.7 Å². The maximum atomic E-state index is 3.63. The molecule has 3 heteroatoms. The molecule has 3 saturated heterocycles. The Hall–Kier alpha value is -0.120. The van der Waals surface area contributed by atoms with E-state index in [2.05, 4.69) is 22.2 Å². The SMILES string of the molecule is CN1CCC(N2CCCC3(CCCNC3)C2)C1. The van der Waals surface area contributed by atoms with E-state index in [1.54, 1.807) is 0 Å². The van der Waals surface area contributed by atoms with Crippen LogP contribution in [0.5, 0.6) is 0 Å². The van der Waals surface area contributed by atoms with Crippen LogP contribution in [0.2, 0.25) is 0 Å². The van der Waals surface area contributed by atoms with Gasteiger partial charge in [0.1, 0.15) is 0 Å². The largest absolute Gasteiger partial charge is 0.316 e. The highest BCUT2D eigenvalue weighted by atomic mass is 15.3. The van der Waals surface area contributed by atoms with Crippen LogP contribution in [0.15, 0.2) is 0 Å². The topological polar surface area (TPSA) is 18.5 Å². The predicted molar refractivity (Wildman–Crippen MR) is 71.2 cm³/mol. The number of nitrogens with one attached hydrogen (secondary N) is 1. The smallest absolute Gasteiger partial charge is 0.0235 e. The van der Waals surface area contributed by atoms with Crippen molar-refractivity contribution in [3.63, 3.8) is 0 Å². The minimum Gasteiger partial charge on any atom is -0.316 e. The zero-order valence-corrected chi connectivity index (χ0v) is 11.2. The number of nitrogens with zero attached hydrogens (tertiary/aromatic N) is 2. The van der Waals surface area contributed by atoms with E-state index in [1.807, 2.05) is 0 Å². The lowest BCUT2D eigenvalue weighted by Gasteiger charge is -2.47. The Kier molecular flexibility index (Phi) is 3.42. The van der Waals surface area contributed by atoms with Crippen molar-refractivity contribution in [1.29, 1.82) is 0 Å². The van der Waals surface area contributed by atoms with E-state index in [4.69, 9.17) is 0 Å². The van der Waals surface area contributed by atoms with Crippen LogP contribution in [0.1, 0.15) is 32.1 Å². The molecule has 0 aromatic heterocycles. The van der Waals surface area contributed by atoms with E-state index in [1.165, 1.54) is 71.4 Å². The third-order valence-corrected chi connectivity index (χ3v) is 5.13. The highest BCUT2D eigenvalue weighted by Gasteiger charge is 2.39. The van der Waals surface area contributed by atoms with E-state index >= 15 is 0 Å². The average molecular weight is 237 g/mol. The number of rotatable bonds is 1. The van der Waals surface area contributed by atoms with Crippen molar-refractivity contribution in [3.05, 3.63) is 0 Å². The average Bonchev–Trinajstić information content (AvgIpc) is 2.77. The molecule has 0 aromatic rings. The number of likely N-dealkylation sites (N-methyl/N-ethyl adjacent to an activating group) is 1. The minimum atomic E-state index is 0.623. The van der Waals surface area contributed by atoms with Crippen molar-refractivity contribution in [2.75, 3.05) is 46.3 Å². The fraction of sp³-hybridized carbons (Fsp3) is 1.00. The second-order valence-corrected chi connectivity index (χ2v) is 6.56. The van der Waals surface area contributed by atoms with Crippen LogP contribution in [0.25, 0.3) is 0 Å². The summed E-state index contributed by atoms with van der Waals surface area (Å²) in [6, 6.07) is 0.846. The van der Waals surface area contributed by atoms with Crippen molar-refractivity contribution in [2.24, 2.45) is 5.41 Å². The van der Waals surface area contributed by atoms with Gasteiger partial charge in [0.25, 0.3) is 0 Å². The molecule has 3 fully saturated rings. The van der Waals surface area contributed by atoms with Crippen LogP contribution in [0.4, 0.5) is 0 Å². The molecule has 3 aliphatic heterocycles. The predicted octanol–water partition coefficient (Wildman–Crippen LogP) is 1.16. The quantitative estimate of drug-likeness (QED) is 0.738. The molecule has 0 bridgehead atoms. The van der Waals surface area contributed by atoms with Gasteiger partial charge in [-0.15, -0.1) is 0 Å². The normalized spacial score (nSPS) is 41.1. The highest BCUT2D eigenvalue weighted by molar-refractivity contribution is 4.94. The Balaban J connectivity index is 1.62. The van der Waals surface area contributed by atoms with Gasteiger partial charge in [-0.05, 0) is 64.2 Å². The van der Waals surface area contributed by atoms with Crippen LogP contribution in [0.3, 0.4) is 0 Å². The Morgan fingerprint density at radius 3 is 2.76 bits per heavy atom. The molecule has 0 saturated carbocycles. The standard InChI is InChI=1S/C14H27N3/c1-16-9-4-13(10-16)17-8-3-6-14(12-17)5-2-7-15-11-14/h13,15H,2-12H2,1H3. The molecule has 1 N–H and O–H groups in total. The van der Waals surface area contributed by atoms with E-state index in [-0.39, 0.29) is 0 Å². The molecule has 17 heavy (non-hydrogen) atoms. The molecule has 3 rings (SSSR count). The molecule has 98 valence electrons. The Morgan fingerprint density at radius 1 is 1.18 bits per heavy atom. The molecule has 3 nitrogen and oxygen atoms in total. The van der Waals surface area contributed by atoms with Crippen LogP contribution in [0, 0.1) is 5.41 Å². The summed E-state index contributed by atoms with van der Waals surface area (Å²) in [6.45, 7) is 7.81. The molecule has 0 aliphatic carbocycles. The Bertz CT molecular complexity index is 255. The third kappa shape index (κ3) is 2.51. The van der Waals surface area contributed by atoms with Gasteiger partial charge in [0.2, 0.25) is 0 Å². The molecule has 1 spiro atoms. The van der Waals surface area contributed by atoms with Gasteiger partial charge in [0.05, 0.1) is 0 Å². The first-order valence-corrected chi connectivity index (χ1v) is 7.41. The second-order valence-electron chi connectivity index (χ2n) is 6.56. The van der Waals surface area contributed by atoms with Gasteiger partial charge in [-0.3, -0.25) is 4.90 Å². The first kappa shape index (κ1) is 11.9. The van der Waals surface area contributed by atoms with Gasteiger partial charge >= 0.3 is 0 Å². The second kappa shape index (κ2) is 4.87. The van der Waals surface area contributed by atoms with E-state index in [9.17, 15) is 0 Å². The highest BCUT2D eigenvalue weighted by Crippen LogP contribution is 2.37. The summed E-state index contributed by atoms with van der Waals surface area (Å²) in [5, 5.41) is 3.63. The van der Waals surface area contributed by atoms with Crippen molar-refractivity contribution in [2.45, 2.75) is 38.1 Å². The number of hydrogen-bond acceptors (Lipinski definition) is 3. The van der Waals surface area contributed by atoms with Gasteiger partial charge in [0.15, 0.2) is 0 Å². The third-order valence-electron chi connectivity index (χ3n) is 5.13. The fourth-order valence-electron chi connectivity index (χ4n) is 4.15. The van der Waals surface area contributed by atoms with Gasteiger partial charge < -0.3 is 10.2 Å². The van der Waals surface area contributed by atoms with Gasteiger partial charge in [-0.25, -0.2) is 0 Å². The van der Waals surface area contributed by atoms with Gasteiger partial charge in [-0.2, -0.15) is 0 Å². The molecule has 0 radical (unpaired) electrons. The zero-order valence-electron chi connectivity index (χ0n) is 11.2. The van der Waals surface area contributed by atoms with Crippen LogP contribution in [-0.4, -0.2) is 62.2 Å². The summed E-state index contributed by atoms with van der Waals surface area (Å²) in [5.74, 6) is 0. The Morgan fingerprint density at radius 2 is 2.06 bits per heavy atom. The van der Waals surface area contributed by atoms with Crippen molar-refractivity contribution < 1.29 is 0 Å². The minimum absolute atomic E-state index is 0.623. The maximum absolute atomic E-state index is 3.63. The summed E-state index contributed by atoms with van der Waals surface area (Å²) in [6.07, 6.45) is 7.11. The summed E-state index contributed by atoms with van der Waals surface area (Å²) < 4.78 is 0. The van der Waals surface area contributed by atoms with Crippen molar-refractivity contribution in [1.82, 2.24) is 15.1 Å². The number of piperidine rings is 2. The summed E-state index contributed by atoms with van der Waals surface area (Å²) in [5.41, 5.74) is 0.623. The van der Waals surface area contributed by atoms with Crippen LogP contribution in [-0.2, 0) is 0 Å². The first-order valence-electron chi connectivity index (χ1n) is 7.41. The number of hydrogen-bond donors (Lipinski definition) is 1. The lowest BCUT2D eigenvalue weighted by molar-refractivity contribution is 0.0401. The fourth-order valence-corrected chi connectivity index (χ4v) is 4.15. The van der Waals surface area contributed by atoms with Gasteiger partial charge in [-0.1, -0.05) is 0 Å². The maximum Gasteiger partial charge on any atom is 0.0235 e. The molecule has 2 unspecified atom stereocenters. The van der Waals surface area contributed by atoms with Crippen molar-refractivity contribution >= 4 is 0 Å².